The fourth-order valence-corrected chi connectivity index (χ4v) is 2.71. The molecule has 0 atom stereocenters. The predicted octanol–water partition coefficient (Wildman–Crippen LogP) is 1.15. The largest absolute Gasteiger partial charge is 0.465 e. The van der Waals surface area contributed by atoms with Gasteiger partial charge in [0, 0.05) is 5.39 Å². The first-order chi connectivity index (χ1) is 12.6. The lowest BCUT2D eigenvalue weighted by Gasteiger charge is -2.21. The molecular weight excluding hydrogens is 350 g/mol. The molecule has 9 nitrogen and oxygen atoms in total. The van der Waals surface area contributed by atoms with Gasteiger partial charge in [-0.2, -0.15) is 10.2 Å². The summed E-state index contributed by atoms with van der Waals surface area (Å²) in [5.74, 6) is -0.983. The summed E-state index contributed by atoms with van der Waals surface area (Å²) >= 11 is 0. The van der Waals surface area contributed by atoms with Crippen molar-refractivity contribution in [1.29, 1.82) is 0 Å². The molecule has 2 heterocycles. The van der Waals surface area contributed by atoms with Crippen molar-refractivity contribution in [3.8, 4) is 0 Å². The Morgan fingerprint density at radius 2 is 1.96 bits per heavy atom. The molecule has 148 valence electrons. The van der Waals surface area contributed by atoms with Crippen LogP contribution in [0.4, 0.5) is 0 Å². The van der Waals surface area contributed by atoms with E-state index in [4.69, 9.17) is 4.74 Å². The van der Waals surface area contributed by atoms with Crippen LogP contribution in [0, 0.1) is 0 Å². The molecule has 1 N–H and O–H groups in total. The first-order valence-electron chi connectivity index (χ1n) is 8.97. The van der Waals surface area contributed by atoms with Crippen molar-refractivity contribution in [2.24, 2.45) is 0 Å². The van der Waals surface area contributed by atoms with E-state index >= 15 is 0 Å². The molecule has 0 saturated carbocycles. The number of rotatable bonds is 6. The van der Waals surface area contributed by atoms with Gasteiger partial charge in [0.2, 0.25) is 5.91 Å². The van der Waals surface area contributed by atoms with Gasteiger partial charge in [-0.15, -0.1) is 0 Å². The number of hydrogen-bond acceptors (Lipinski definition) is 6. The summed E-state index contributed by atoms with van der Waals surface area (Å²) in [6.07, 6.45) is 1.65. The SMILES string of the molecule is CCOC(=O)CNC(=O)Cn1nc(C(C)C)c2cnn(C(C)(C)C)c2c1=O. The van der Waals surface area contributed by atoms with Crippen molar-refractivity contribution < 1.29 is 14.3 Å². The molecule has 0 aliphatic rings. The highest BCUT2D eigenvalue weighted by molar-refractivity contribution is 5.83. The molecular formula is C18H27N5O4. The van der Waals surface area contributed by atoms with Crippen molar-refractivity contribution in [3.05, 3.63) is 22.2 Å². The number of esters is 1. The average molecular weight is 377 g/mol. The van der Waals surface area contributed by atoms with E-state index in [9.17, 15) is 14.4 Å². The maximum Gasteiger partial charge on any atom is 0.325 e. The van der Waals surface area contributed by atoms with Gasteiger partial charge in [-0.25, -0.2) is 4.68 Å². The fourth-order valence-electron chi connectivity index (χ4n) is 2.71. The maximum atomic E-state index is 13.0. The van der Waals surface area contributed by atoms with Gasteiger partial charge in [-0.1, -0.05) is 13.8 Å². The predicted molar refractivity (Wildman–Crippen MR) is 101 cm³/mol. The Morgan fingerprint density at radius 3 is 2.52 bits per heavy atom. The Labute approximate surface area is 157 Å². The molecule has 2 aromatic heterocycles. The molecule has 1 amide bonds. The van der Waals surface area contributed by atoms with Gasteiger partial charge < -0.3 is 10.1 Å². The van der Waals surface area contributed by atoms with E-state index in [1.54, 1.807) is 17.8 Å². The highest BCUT2D eigenvalue weighted by atomic mass is 16.5. The number of fused-ring (bicyclic) bond motifs is 1. The molecule has 9 heteroatoms. The van der Waals surface area contributed by atoms with Gasteiger partial charge in [-0.05, 0) is 33.6 Å². The topological polar surface area (TPSA) is 108 Å². The van der Waals surface area contributed by atoms with Gasteiger partial charge in [0.25, 0.3) is 5.56 Å². The highest BCUT2D eigenvalue weighted by Crippen LogP contribution is 2.24. The number of nitrogens with zero attached hydrogens (tertiary/aromatic N) is 4. The number of carbonyl (C=O) groups is 2. The molecule has 0 spiro atoms. The Hall–Kier alpha value is -2.71. The number of carbonyl (C=O) groups excluding carboxylic acids is 2. The van der Waals surface area contributed by atoms with E-state index in [0.717, 1.165) is 4.68 Å². The molecule has 0 saturated heterocycles. The molecule has 2 aromatic rings. The third-order valence-corrected chi connectivity index (χ3v) is 3.92. The number of aromatic nitrogens is 4. The first-order valence-corrected chi connectivity index (χ1v) is 8.97. The van der Waals surface area contributed by atoms with Crippen LogP contribution in [0.25, 0.3) is 10.9 Å². The van der Waals surface area contributed by atoms with Crippen molar-refractivity contribution in [2.75, 3.05) is 13.2 Å². The highest BCUT2D eigenvalue weighted by Gasteiger charge is 2.24. The van der Waals surface area contributed by atoms with E-state index in [-0.39, 0.29) is 25.6 Å². The van der Waals surface area contributed by atoms with E-state index in [2.05, 4.69) is 15.5 Å². The molecule has 0 fully saturated rings. The third-order valence-electron chi connectivity index (χ3n) is 3.92. The number of hydrogen-bond donors (Lipinski definition) is 1. The monoisotopic (exact) mass is 377 g/mol. The first kappa shape index (κ1) is 20.6. The fraction of sp³-hybridized carbons (Fsp3) is 0.611. The van der Waals surface area contributed by atoms with Gasteiger partial charge in [0.1, 0.15) is 18.6 Å². The molecule has 0 unspecified atom stereocenters. The summed E-state index contributed by atoms with van der Waals surface area (Å²) < 4.78 is 7.55. The number of ether oxygens (including phenoxy) is 1. The summed E-state index contributed by atoms with van der Waals surface area (Å²) in [7, 11) is 0. The molecule has 0 bridgehead atoms. The van der Waals surface area contributed by atoms with Crippen LogP contribution in [0.5, 0.6) is 0 Å². The van der Waals surface area contributed by atoms with Crippen molar-refractivity contribution in [1.82, 2.24) is 24.9 Å². The van der Waals surface area contributed by atoms with E-state index in [1.165, 1.54) is 0 Å². The zero-order valence-electron chi connectivity index (χ0n) is 16.7. The second-order valence-electron chi connectivity index (χ2n) is 7.57. The van der Waals surface area contributed by atoms with Crippen molar-refractivity contribution >= 4 is 22.8 Å². The lowest BCUT2D eigenvalue weighted by atomic mass is 10.1. The quantitative estimate of drug-likeness (QED) is 0.757. The van der Waals surface area contributed by atoms with Gasteiger partial charge in [0.15, 0.2) is 0 Å². The summed E-state index contributed by atoms with van der Waals surface area (Å²) in [4.78, 5) is 36.5. The standard InChI is InChI=1S/C18H27N5O4/c1-7-27-14(25)9-19-13(24)10-22-17(26)16-12(15(21-22)11(2)3)8-20-23(16)18(4,5)6/h8,11H,7,9-10H2,1-6H3,(H,19,24). The van der Waals surface area contributed by atoms with Crippen LogP contribution in [0.3, 0.4) is 0 Å². The molecule has 0 aliphatic carbocycles. The molecule has 0 aliphatic heterocycles. The summed E-state index contributed by atoms with van der Waals surface area (Å²) in [6, 6.07) is 0. The second kappa shape index (κ2) is 7.89. The van der Waals surface area contributed by atoms with Crippen molar-refractivity contribution in [2.45, 2.75) is 59.5 Å². The van der Waals surface area contributed by atoms with Crippen LogP contribution in [0.15, 0.2) is 11.0 Å². The lowest BCUT2D eigenvalue weighted by molar-refractivity contribution is -0.143. The minimum absolute atomic E-state index is 0.0413. The zero-order valence-corrected chi connectivity index (χ0v) is 16.7. The number of amides is 1. The van der Waals surface area contributed by atoms with E-state index in [1.807, 2.05) is 34.6 Å². The minimum Gasteiger partial charge on any atom is -0.465 e. The van der Waals surface area contributed by atoms with Crippen LogP contribution in [-0.2, 0) is 26.4 Å². The van der Waals surface area contributed by atoms with Crippen molar-refractivity contribution in [3.63, 3.8) is 0 Å². The van der Waals surface area contributed by atoms with Gasteiger partial charge >= 0.3 is 5.97 Å². The summed E-state index contributed by atoms with van der Waals surface area (Å²) in [6.45, 7) is 11.2. The van der Waals surface area contributed by atoms with Crippen LogP contribution in [-0.4, -0.2) is 44.6 Å². The summed E-state index contributed by atoms with van der Waals surface area (Å²) in [5, 5.41) is 11.9. The maximum absolute atomic E-state index is 13.0. The molecule has 0 aromatic carbocycles. The molecule has 2 rings (SSSR count). The Morgan fingerprint density at radius 1 is 1.30 bits per heavy atom. The van der Waals surface area contributed by atoms with Crippen LogP contribution in [0.1, 0.15) is 53.2 Å². The Bertz CT molecular complexity index is 905. The Kier molecular flexibility index (Phi) is 6.02. The zero-order chi connectivity index (χ0) is 20.4. The van der Waals surface area contributed by atoms with E-state index < -0.39 is 23.0 Å². The average Bonchev–Trinajstić information content (AvgIpc) is 3.01. The van der Waals surface area contributed by atoms with Gasteiger partial charge in [0.05, 0.1) is 24.0 Å². The molecule has 27 heavy (non-hydrogen) atoms. The molecule has 0 radical (unpaired) electrons. The Balaban J connectivity index is 2.42. The van der Waals surface area contributed by atoms with Crippen LogP contribution < -0.4 is 10.9 Å². The second-order valence-corrected chi connectivity index (χ2v) is 7.57. The smallest absolute Gasteiger partial charge is 0.325 e. The third kappa shape index (κ3) is 4.53. The minimum atomic E-state index is -0.532. The van der Waals surface area contributed by atoms with Crippen LogP contribution in [0.2, 0.25) is 0 Å². The van der Waals surface area contributed by atoms with Crippen LogP contribution >= 0.6 is 0 Å². The normalized spacial score (nSPS) is 11.8. The lowest BCUT2D eigenvalue weighted by Crippen LogP contribution is -2.38. The summed E-state index contributed by atoms with van der Waals surface area (Å²) in [5.41, 5.74) is 0.311. The van der Waals surface area contributed by atoms with E-state index in [0.29, 0.717) is 16.6 Å². The van der Waals surface area contributed by atoms with Gasteiger partial charge in [-0.3, -0.25) is 19.1 Å². The number of nitrogens with one attached hydrogen (secondary N) is 1.